The molecular formula is C15H12ClFN2O. The number of halogens is 2. The van der Waals surface area contributed by atoms with Gasteiger partial charge in [-0.25, -0.2) is 4.39 Å². The standard InChI is InChI=1S/C15H12ClFN2O/c16-14-9-12(4-5-15(14)17)19-10-11-2-1-3-13(8-11)20-7-6-18/h1-5,8-9,19H,7,10H2. The highest BCUT2D eigenvalue weighted by molar-refractivity contribution is 6.31. The smallest absolute Gasteiger partial charge is 0.174 e. The van der Waals surface area contributed by atoms with Gasteiger partial charge in [-0.15, -0.1) is 0 Å². The fraction of sp³-hybridized carbons (Fsp3) is 0.133. The first-order chi connectivity index (χ1) is 9.69. The third-order valence-electron chi connectivity index (χ3n) is 2.62. The predicted molar refractivity (Wildman–Crippen MR) is 76.3 cm³/mol. The molecule has 0 radical (unpaired) electrons. The zero-order chi connectivity index (χ0) is 14.4. The van der Waals surface area contributed by atoms with Crippen molar-refractivity contribution in [2.24, 2.45) is 0 Å². The first-order valence-electron chi connectivity index (χ1n) is 5.96. The fourth-order valence-electron chi connectivity index (χ4n) is 1.67. The second-order valence-electron chi connectivity index (χ2n) is 4.08. The van der Waals surface area contributed by atoms with Crippen molar-refractivity contribution in [3.63, 3.8) is 0 Å². The minimum atomic E-state index is -0.441. The normalized spacial score (nSPS) is 9.85. The maximum atomic E-state index is 13.0. The number of hydrogen-bond donors (Lipinski definition) is 1. The number of anilines is 1. The van der Waals surface area contributed by atoms with Gasteiger partial charge in [-0.2, -0.15) is 5.26 Å². The number of rotatable bonds is 5. The minimum Gasteiger partial charge on any atom is -0.479 e. The predicted octanol–water partition coefficient (Wildman–Crippen LogP) is 3.99. The summed E-state index contributed by atoms with van der Waals surface area (Å²) in [6, 6.07) is 13.8. The van der Waals surface area contributed by atoms with Gasteiger partial charge in [-0.1, -0.05) is 23.7 Å². The van der Waals surface area contributed by atoms with E-state index in [1.165, 1.54) is 12.1 Å². The van der Waals surface area contributed by atoms with Gasteiger partial charge in [0.2, 0.25) is 0 Å². The lowest BCUT2D eigenvalue weighted by molar-refractivity contribution is 0.368. The van der Waals surface area contributed by atoms with E-state index in [4.69, 9.17) is 21.6 Å². The third kappa shape index (κ3) is 3.87. The zero-order valence-electron chi connectivity index (χ0n) is 10.6. The second-order valence-corrected chi connectivity index (χ2v) is 4.48. The molecule has 0 saturated carbocycles. The Morgan fingerprint density at radius 2 is 2.10 bits per heavy atom. The molecule has 0 fully saturated rings. The SMILES string of the molecule is N#CCOc1cccc(CNc2ccc(F)c(Cl)c2)c1. The average Bonchev–Trinajstić information content (AvgIpc) is 2.47. The Kier molecular flexibility index (Phi) is 4.80. The molecule has 2 rings (SSSR count). The van der Waals surface area contributed by atoms with E-state index in [1.54, 1.807) is 12.1 Å². The average molecular weight is 291 g/mol. The van der Waals surface area contributed by atoms with Gasteiger partial charge in [0, 0.05) is 12.2 Å². The Morgan fingerprint density at radius 1 is 1.25 bits per heavy atom. The summed E-state index contributed by atoms with van der Waals surface area (Å²) in [7, 11) is 0. The van der Waals surface area contributed by atoms with Crippen LogP contribution in [0.25, 0.3) is 0 Å². The number of nitrogens with zero attached hydrogens (tertiary/aromatic N) is 1. The van der Waals surface area contributed by atoms with Crippen LogP contribution in [0.15, 0.2) is 42.5 Å². The number of hydrogen-bond acceptors (Lipinski definition) is 3. The van der Waals surface area contributed by atoms with E-state index in [9.17, 15) is 4.39 Å². The highest BCUT2D eigenvalue weighted by Crippen LogP contribution is 2.20. The van der Waals surface area contributed by atoms with Crippen LogP contribution in [0.4, 0.5) is 10.1 Å². The Balaban J connectivity index is 1.99. The molecule has 3 nitrogen and oxygen atoms in total. The molecule has 2 aromatic rings. The first-order valence-corrected chi connectivity index (χ1v) is 6.34. The van der Waals surface area contributed by atoms with Gasteiger partial charge in [-0.3, -0.25) is 0 Å². The summed E-state index contributed by atoms with van der Waals surface area (Å²) in [4.78, 5) is 0. The summed E-state index contributed by atoms with van der Waals surface area (Å²) >= 11 is 5.71. The summed E-state index contributed by atoms with van der Waals surface area (Å²) in [5, 5.41) is 11.7. The van der Waals surface area contributed by atoms with E-state index in [1.807, 2.05) is 24.3 Å². The largest absolute Gasteiger partial charge is 0.479 e. The van der Waals surface area contributed by atoms with Crippen LogP contribution in [0.3, 0.4) is 0 Å². The van der Waals surface area contributed by atoms with Crippen molar-refractivity contribution in [2.75, 3.05) is 11.9 Å². The summed E-state index contributed by atoms with van der Waals surface area (Å²) in [6.45, 7) is 0.566. The van der Waals surface area contributed by atoms with E-state index in [0.29, 0.717) is 12.3 Å². The van der Waals surface area contributed by atoms with Crippen LogP contribution < -0.4 is 10.1 Å². The van der Waals surface area contributed by atoms with E-state index >= 15 is 0 Å². The summed E-state index contributed by atoms with van der Waals surface area (Å²) in [6.07, 6.45) is 0. The van der Waals surface area contributed by atoms with Crippen molar-refractivity contribution in [3.8, 4) is 11.8 Å². The van der Waals surface area contributed by atoms with E-state index < -0.39 is 5.82 Å². The molecule has 5 heteroatoms. The first kappa shape index (κ1) is 14.2. The number of nitrogens with one attached hydrogen (secondary N) is 1. The van der Waals surface area contributed by atoms with Gasteiger partial charge in [0.15, 0.2) is 6.61 Å². The molecule has 0 aliphatic heterocycles. The van der Waals surface area contributed by atoms with Crippen molar-refractivity contribution < 1.29 is 9.13 Å². The van der Waals surface area contributed by atoms with Crippen molar-refractivity contribution in [1.82, 2.24) is 0 Å². The lowest BCUT2D eigenvalue weighted by atomic mass is 10.2. The highest BCUT2D eigenvalue weighted by Gasteiger charge is 2.01. The molecule has 0 aromatic heterocycles. The topological polar surface area (TPSA) is 45.0 Å². The van der Waals surface area contributed by atoms with E-state index in [2.05, 4.69) is 5.32 Å². The van der Waals surface area contributed by atoms with Crippen molar-refractivity contribution in [1.29, 1.82) is 5.26 Å². The Hall–Kier alpha value is -2.25. The van der Waals surface area contributed by atoms with Gasteiger partial charge < -0.3 is 10.1 Å². The molecule has 0 atom stereocenters. The molecule has 0 aliphatic carbocycles. The number of nitriles is 1. The molecule has 0 unspecified atom stereocenters. The zero-order valence-corrected chi connectivity index (χ0v) is 11.3. The van der Waals surface area contributed by atoms with Crippen LogP contribution >= 0.6 is 11.6 Å². The monoisotopic (exact) mass is 290 g/mol. The van der Waals surface area contributed by atoms with Gasteiger partial charge >= 0.3 is 0 Å². The van der Waals surface area contributed by atoms with Gasteiger partial charge in [-0.05, 0) is 35.9 Å². The molecule has 0 amide bonds. The summed E-state index contributed by atoms with van der Waals surface area (Å²) < 4.78 is 18.3. The molecule has 20 heavy (non-hydrogen) atoms. The molecule has 0 bridgehead atoms. The van der Waals surface area contributed by atoms with Crippen LogP contribution in [0.1, 0.15) is 5.56 Å². The lowest BCUT2D eigenvalue weighted by Gasteiger charge is -2.09. The number of benzene rings is 2. The lowest BCUT2D eigenvalue weighted by Crippen LogP contribution is -2.00. The molecule has 102 valence electrons. The maximum absolute atomic E-state index is 13.0. The fourth-order valence-corrected chi connectivity index (χ4v) is 1.85. The second kappa shape index (κ2) is 6.78. The molecule has 0 spiro atoms. The van der Waals surface area contributed by atoms with Crippen molar-refractivity contribution in [3.05, 3.63) is 58.9 Å². The van der Waals surface area contributed by atoms with Gasteiger partial charge in [0.1, 0.15) is 17.6 Å². The number of ether oxygens (including phenoxy) is 1. The Bertz CT molecular complexity index is 640. The van der Waals surface area contributed by atoms with Gasteiger partial charge in [0.25, 0.3) is 0 Å². The van der Waals surface area contributed by atoms with Crippen molar-refractivity contribution >= 4 is 17.3 Å². The Labute approximate surface area is 121 Å². The summed E-state index contributed by atoms with van der Waals surface area (Å²) in [5.41, 5.74) is 1.72. The molecule has 0 heterocycles. The molecule has 0 saturated heterocycles. The molecule has 2 aromatic carbocycles. The van der Waals surface area contributed by atoms with Crippen LogP contribution in [-0.4, -0.2) is 6.61 Å². The summed E-state index contributed by atoms with van der Waals surface area (Å²) in [5.74, 6) is 0.201. The van der Waals surface area contributed by atoms with Crippen LogP contribution in [-0.2, 0) is 6.54 Å². The minimum absolute atomic E-state index is 0.0183. The van der Waals surface area contributed by atoms with Crippen LogP contribution in [0.2, 0.25) is 5.02 Å². The quantitative estimate of drug-likeness (QED) is 0.905. The van der Waals surface area contributed by atoms with Gasteiger partial charge in [0.05, 0.1) is 5.02 Å². The van der Waals surface area contributed by atoms with Crippen LogP contribution in [0.5, 0.6) is 5.75 Å². The highest BCUT2D eigenvalue weighted by atomic mass is 35.5. The van der Waals surface area contributed by atoms with Crippen LogP contribution in [0, 0.1) is 17.1 Å². The molecular weight excluding hydrogens is 279 g/mol. The van der Waals surface area contributed by atoms with E-state index in [-0.39, 0.29) is 11.6 Å². The third-order valence-corrected chi connectivity index (χ3v) is 2.91. The molecule has 1 N–H and O–H groups in total. The van der Waals surface area contributed by atoms with E-state index in [0.717, 1.165) is 11.3 Å². The van der Waals surface area contributed by atoms with Crippen molar-refractivity contribution in [2.45, 2.75) is 6.54 Å². The maximum Gasteiger partial charge on any atom is 0.174 e. The molecule has 0 aliphatic rings. The Morgan fingerprint density at radius 3 is 2.85 bits per heavy atom.